The van der Waals surface area contributed by atoms with Gasteiger partial charge in [0.15, 0.2) is 5.96 Å². The van der Waals surface area contributed by atoms with Gasteiger partial charge in [0.1, 0.15) is 0 Å². The first-order valence-electron chi connectivity index (χ1n) is 6.62. The second-order valence-electron chi connectivity index (χ2n) is 4.89. The number of aryl methyl sites for hydroxylation is 2. The monoisotopic (exact) mass is 349 g/mol. The van der Waals surface area contributed by atoms with E-state index in [-0.39, 0.29) is 0 Å². The van der Waals surface area contributed by atoms with Crippen LogP contribution in [-0.4, -0.2) is 5.96 Å². The Balaban J connectivity index is 1.64. The lowest BCUT2D eigenvalue weighted by atomic mass is 10.1. The zero-order valence-corrected chi connectivity index (χ0v) is 13.4. The van der Waals surface area contributed by atoms with Crippen LogP contribution >= 0.6 is 27.3 Å². The van der Waals surface area contributed by atoms with Gasteiger partial charge in [0.25, 0.3) is 0 Å². The Morgan fingerprint density at radius 1 is 1.30 bits per heavy atom. The van der Waals surface area contributed by atoms with Crippen molar-refractivity contribution in [3.05, 3.63) is 50.1 Å². The second-order valence-corrected chi connectivity index (χ2v) is 6.81. The molecule has 20 heavy (non-hydrogen) atoms. The molecule has 0 saturated heterocycles. The van der Waals surface area contributed by atoms with Crippen LogP contribution in [0.4, 0.5) is 5.69 Å². The molecule has 5 heteroatoms. The standard InChI is InChI=1S/C15H16BrN3S/c16-12-7-14(20-9-12)8-18-15(17)19-13-5-4-10-2-1-3-11(10)6-13/h4-7,9H,1-3,8H2,(H3,17,18,19). The summed E-state index contributed by atoms with van der Waals surface area (Å²) in [5, 5.41) is 5.22. The van der Waals surface area contributed by atoms with Crippen LogP contribution in [0.1, 0.15) is 22.4 Å². The molecule has 0 atom stereocenters. The van der Waals surface area contributed by atoms with E-state index in [9.17, 15) is 0 Å². The Labute approximate surface area is 131 Å². The van der Waals surface area contributed by atoms with Gasteiger partial charge in [0.05, 0.1) is 6.54 Å². The van der Waals surface area contributed by atoms with E-state index < -0.39 is 0 Å². The lowest BCUT2D eigenvalue weighted by Crippen LogP contribution is -2.22. The third-order valence-electron chi connectivity index (χ3n) is 3.40. The average molecular weight is 350 g/mol. The number of aliphatic imine (C=N–C) groups is 1. The van der Waals surface area contributed by atoms with Gasteiger partial charge in [-0.3, -0.25) is 0 Å². The minimum Gasteiger partial charge on any atom is -0.370 e. The van der Waals surface area contributed by atoms with Crippen molar-refractivity contribution in [3.8, 4) is 0 Å². The second kappa shape index (κ2) is 5.97. The molecule has 0 fully saturated rings. The molecule has 0 unspecified atom stereocenters. The molecule has 3 nitrogen and oxygen atoms in total. The van der Waals surface area contributed by atoms with E-state index in [0.29, 0.717) is 12.5 Å². The first kappa shape index (κ1) is 13.6. The van der Waals surface area contributed by atoms with Crippen LogP contribution in [-0.2, 0) is 19.4 Å². The lowest BCUT2D eigenvalue weighted by Gasteiger charge is -2.07. The molecule has 0 aliphatic heterocycles. The van der Waals surface area contributed by atoms with Gasteiger partial charge in [-0.15, -0.1) is 11.3 Å². The van der Waals surface area contributed by atoms with E-state index in [0.717, 1.165) is 10.2 Å². The number of benzene rings is 1. The molecule has 2 aromatic rings. The molecular weight excluding hydrogens is 334 g/mol. The highest BCUT2D eigenvalue weighted by Gasteiger charge is 2.10. The van der Waals surface area contributed by atoms with Gasteiger partial charge in [0.2, 0.25) is 0 Å². The minimum absolute atomic E-state index is 0.465. The molecule has 0 saturated carbocycles. The van der Waals surface area contributed by atoms with Crippen LogP contribution in [0.25, 0.3) is 0 Å². The van der Waals surface area contributed by atoms with Gasteiger partial charge < -0.3 is 11.1 Å². The number of thiophene rings is 1. The van der Waals surface area contributed by atoms with E-state index in [1.807, 2.05) is 0 Å². The molecule has 1 aromatic heterocycles. The maximum Gasteiger partial charge on any atom is 0.193 e. The largest absolute Gasteiger partial charge is 0.370 e. The Morgan fingerprint density at radius 2 is 2.15 bits per heavy atom. The van der Waals surface area contributed by atoms with Crippen molar-refractivity contribution < 1.29 is 0 Å². The van der Waals surface area contributed by atoms with Crippen LogP contribution in [0, 0.1) is 0 Å². The smallest absolute Gasteiger partial charge is 0.193 e. The van der Waals surface area contributed by atoms with E-state index in [1.165, 1.54) is 35.3 Å². The number of nitrogens with two attached hydrogens (primary N) is 1. The highest BCUT2D eigenvalue weighted by molar-refractivity contribution is 9.10. The number of halogens is 1. The number of anilines is 1. The van der Waals surface area contributed by atoms with E-state index in [2.05, 4.69) is 55.9 Å². The predicted octanol–water partition coefficient (Wildman–Crippen LogP) is 3.93. The molecule has 0 amide bonds. The summed E-state index contributed by atoms with van der Waals surface area (Å²) in [6, 6.07) is 8.52. The molecule has 0 radical (unpaired) electrons. The number of rotatable bonds is 3. The summed E-state index contributed by atoms with van der Waals surface area (Å²) in [6.45, 7) is 0.611. The van der Waals surface area contributed by atoms with Crippen molar-refractivity contribution in [2.24, 2.45) is 10.7 Å². The molecule has 1 aromatic carbocycles. The fraction of sp³-hybridized carbons (Fsp3) is 0.267. The molecule has 3 N–H and O–H groups in total. The Hall–Kier alpha value is -1.33. The SMILES string of the molecule is NC(=NCc1cc(Br)cs1)Nc1ccc2c(c1)CCC2. The average Bonchev–Trinajstić information content (AvgIpc) is 3.04. The highest BCUT2D eigenvalue weighted by atomic mass is 79.9. The van der Waals surface area contributed by atoms with Crippen molar-refractivity contribution in [1.82, 2.24) is 0 Å². The van der Waals surface area contributed by atoms with Crippen LogP contribution in [0.5, 0.6) is 0 Å². The molecule has 104 valence electrons. The van der Waals surface area contributed by atoms with E-state index in [4.69, 9.17) is 5.73 Å². The maximum atomic E-state index is 5.94. The van der Waals surface area contributed by atoms with Gasteiger partial charge in [-0.25, -0.2) is 4.99 Å². The zero-order chi connectivity index (χ0) is 13.9. The van der Waals surface area contributed by atoms with Crippen LogP contribution in [0.3, 0.4) is 0 Å². The van der Waals surface area contributed by atoms with Gasteiger partial charge in [0, 0.05) is 20.4 Å². The summed E-state index contributed by atoms with van der Waals surface area (Å²) in [4.78, 5) is 5.56. The van der Waals surface area contributed by atoms with Crippen LogP contribution in [0.2, 0.25) is 0 Å². The van der Waals surface area contributed by atoms with Crippen molar-refractivity contribution in [3.63, 3.8) is 0 Å². The summed E-state index contributed by atoms with van der Waals surface area (Å²) in [5.74, 6) is 0.465. The predicted molar refractivity (Wildman–Crippen MR) is 89.4 cm³/mol. The van der Waals surface area contributed by atoms with Crippen molar-refractivity contribution in [1.29, 1.82) is 0 Å². The summed E-state index contributed by atoms with van der Waals surface area (Å²) < 4.78 is 1.10. The number of hydrogen-bond acceptors (Lipinski definition) is 2. The fourth-order valence-electron chi connectivity index (χ4n) is 2.44. The molecule has 1 aliphatic carbocycles. The molecule has 0 bridgehead atoms. The number of hydrogen-bond donors (Lipinski definition) is 2. The van der Waals surface area contributed by atoms with Gasteiger partial charge in [-0.1, -0.05) is 6.07 Å². The number of fused-ring (bicyclic) bond motifs is 1. The first-order chi connectivity index (χ1) is 9.70. The van der Waals surface area contributed by atoms with E-state index >= 15 is 0 Å². The van der Waals surface area contributed by atoms with Gasteiger partial charge in [-0.05, 0) is 64.5 Å². The molecule has 0 spiro atoms. The summed E-state index contributed by atoms with van der Waals surface area (Å²) in [7, 11) is 0. The van der Waals surface area contributed by atoms with Crippen LogP contribution in [0.15, 0.2) is 39.1 Å². The molecular formula is C15H16BrN3S. The first-order valence-corrected chi connectivity index (χ1v) is 8.29. The molecule has 3 rings (SSSR count). The van der Waals surface area contributed by atoms with Crippen molar-refractivity contribution >= 4 is 38.9 Å². The van der Waals surface area contributed by atoms with Crippen LogP contribution < -0.4 is 11.1 Å². The normalized spacial score (nSPS) is 14.3. The topological polar surface area (TPSA) is 50.4 Å². The maximum absolute atomic E-state index is 5.94. The number of nitrogens with zero attached hydrogens (tertiary/aromatic N) is 1. The fourth-order valence-corrected chi connectivity index (χ4v) is 3.81. The lowest BCUT2D eigenvalue weighted by molar-refractivity contribution is 0.912. The van der Waals surface area contributed by atoms with Crippen molar-refractivity contribution in [2.75, 3.05) is 5.32 Å². The molecule has 1 heterocycles. The van der Waals surface area contributed by atoms with Gasteiger partial charge >= 0.3 is 0 Å². The number of guanidine groups is 1. The zero-order valence-electron chi connectivity index (χ0n) is 11.0. The summed E-state index contributed by atoms with van der Waals surface area (Å²) >= 11 is 5.11. The van der Waals surface area contributed by atoms with Gasteiger partial charge in [-0.2, -0.15) is 0 Å². The Morgan fingerprint density at radius 3 is 2.95 bits per heavy atom. The minimum atomic E-state index is 0.465. The summed E-state index contributed by atoms with van der Waals surface area (Å²) in [6.07, 6.45) is 3.63. The van der Waals surface area contributed by atoms with Crippen molar-refractivity contribution in [2.45, 2.75) is 25.8 Å². The third kappa shape index (κ3) is 3.22. The Bertz CT molecular complexity index is 648. The molecule has 1 aliphatic rings. The third-order valence-corrected chi connectivity index (χ3v) is 5.08. The Kier molecular flexibility index (Phi) is 4.08. The number of nitrogens with one attached hydrogen (secondary N) is 1. The summed E-state index contributed by atoms with van der Waals surface area (Å²) in [5.41, 5.74) is 9.87. The van der Waals surface area contributed by atoms with E-state index in [1.54, 1.807) is 11.3 Å². The highest BCUT2D eigenvalue weighted by Crippen LogP contribution is 2.25. The quantitative estimate of drug-likeness (QED) is 0.651.